The molecule has 0 aromatic heterocycles. The number of carboxylic acid groups (broad SMARTS) is 1. The highest BCUT2D eigenvalue weighted by molar-refractivity contribution is 5.80. The Labute approximate surface area is 119 Å². The van der Waals surface area contributed by atoms with Crippen molar-refractivity contribution < 1.29 is 19.4 Å². The zero-order valence-electron chi connectivity index (χ0n) is 12.3. The molecule has 1 atom stereocenters. The highest BCUT2D eigenvalue weighted by Crippen LogP contribution is 2.29. The van der Waals surface area contributed by atoms with E-state index in [1.807, 2.05) is 25.1 Å². The highest BCUT2D eigenvalue weighted by atomic mass is 16.5. The number of methoxy groups -OCH3 is 2. The summed E-state index contributed by atoms with van der Waals surface area (Å²) in [5.74, 6) is 0.435. The first-order chi connectivity index (χ1) is 9.47. The number of nitrogens with one attached hydrogen (secondary N) is 1. The first-order valence-electron chi connectivity index (χ1n) is 6.33. The second-order valence-electron chi connectivity index (χ2n) is 4.55. The molecule has 0 aliphatic heterocycles. The molecular weight excluding hydrogens is 258 g/mol. The lowest BCUT2D eigenvalue weighted by atomic mass is 10.1. The van der Waals surface area contributed by atoms with Crippen LogP contribution in [0.1, 0.15) is 25.5 Å². The maximum absolute atomic E-state index is 10.5. The van der Waals surface area contributed by atoms with Crippen LogP contribution in [0.15, 0.2) is 29.8 Å². The lowest BCUT2D eigenvalue weighted by molar-refractivity contribution is -0.131. The van der Waals surface area contributed by atoms with E-state index in [2.05, 4.69) is 5.32 Å². The van der Waals surface area contributed by atoms with Gasteiger partial charge in [0.1, 0.15) is 0 Å². The maximum atomic E-state index is 10.5. The van der Waals surface area contributed by atoms with Crippen LogP contribution in [0.3, 0.4) is 0 Å². The monoisotopic (exact) mass is 279 g/mol. The maximum Gasteiger partial charge on any atom is 0.328 e. The van der Waals surface area contributed by atoms with Crippen molar-refractivity contribution in [2.45, 2.75) is 19.9 Å². The van der Waals surface area contributed by atoms with Crippen LogP contribution in [0.2, 0.25) is 0 Å². The molecule has 0 radical (unpaired) electrons. The van der Waals surface area contributed by atoms with Crippen molar-refractivity contribution in [2.24, 2.45) is 0 Å². The molecule has 20 heavy (non-hydrogen) atoms. The topological polar surface area (TPSA) is 67.8 Å². The van der Waals surface area contributed by atoms with Crippen LogP contribution in [-0.2, 0) is 4.79 Å². The summed E-state index contributed by atoms with van der Waals surface area (Å²) in [7, 11) is 3.19. The third-order valence-electron chi connectivity index (χ3n) is 2.96. The Hall–Kier alpha value is -2.01. The average molecular weight is 279 g/mol. The minimum atomic E-state index is -0.928. The number of carbonyl (C=O) groups is 1. The van der Waals surface area contributed by atoms with Gasteiger partial charge in [-0.15, -0.1) is 0 Å². The minimum absolute atomic E-state index is 0.0759. The van der Waals surface area contributed by atoms with E-state index in [-0.39, 0.29) is 6.04 Å². The van der Waals surface area contributed by atoms with Crippen LogP contribution in [-0.4, -0.2) is 31.8 Å². The van der Waals surface area contributed by atoms with Gasteiger partial charge in [-0.1, -0.05) is 11.6 Å². The molecule has 0 amide bonds. The average Bonchev–Trinajstić information content (AvgIpc) is 2.43. The van der Waals surface area contributed by atoms with E-state index in [0.717, 1.165) is 11.1 Å². The van der Waals surface area contributed by atoms with Crippen molar-refractivity contribution >= 4 is 5.97 Å². The largest absolute Gasteiger partial charge is 0.493 e. The molecule has 0 heterocycles. The van der Waals surface area contributed by atoms with Crippen molar-refractivity contribution in [2.75, 3.05) is 20.8 Å². The van der Waals surface area contributed by atoms with Crippen molar-refractivity contribution in [1.82, 2.24) is 5.32 Å². The van der Waals surface area contributed by atoms with Gasteiger partial charge in [-0.25, -0.2) is 4.79 Å². The zero-order chi connectivity index (χ0) is 15.1. The summed E-state index contributed by atoms with van der Waals surface area (Å²) in [4.78, 5) is 10.5. The predicted octanol–water partition coefficient (Wildman–Crippen LogP) is 2.39. The predicted molar refractivity (Wildman–Crippen MR) is 77.4 cm³/mol. The molecule has 1 aromatic rings. The number of benzene rings is 1. The Kier molecular flexibility index (Phi) is 6.06. The van der Waals surface area contributed by atoms with E-state index in [0.29, 0.717) is 18.0 Å². The van der Waals surface area contributed by atoms with Gasteiger partial charge in [-0.3, -0.25) is 0 Å². The van der Waals surface area contributed by atoms with Gasteiger partial charge >= 0.3 is 5.97 Å². The van der Waals surface area contributed by atoms with Crippen LogP contribution >= 0.6 is 0 Å². The fraction of sp³-hybridized carbons (Fsp3) is 0.400. The molecule has 1 unspecified atom stereocenters. The molecule has 0 spiro atoms. The molecule has 0 bridgehead atoms. The molecular formula is C15H21NO4. The SMILES string of the molecule is COc1ccc(C(C)NC/C(C)=C/C(=O)O)cc1OC. The second-order valence-corrected chi connectivity index (χ2v) is 4.55. The standard InChI is InChI=1S/C15H21NO4/c1-10(7-15(17)18)9-16-11(2)12-5-6-13(19-3)14(8-12)20-4/h5-8,11,16H,9H2,1-4H3,(H,17,18)/b10-7+. The van der Waals surface area contributed by atoms with Crippen LogP contribution in [0, 0.1) is 0 Å². The van der Waals surface area contributed by atoms with Gasteiger partial charge in [0.2, 0.25) is 0 Å². The molecule has 0 aliphatic rings. The number of ether oxygens (including phenoxy) is 2. The molecule has 0 aliphatic carbocycles. The Morgan fingerprint density at radius 2 is 2.00 bits per heavy atom. The molecule has 1 rings (SSSR count). The zero-order valence-corrected chi connectivity index (χ0v) is 12.3. The van der Waals surface area contributed by atoms with Crippen molar-refractivity contribution in [3.8, 4) is 11.5 Å². The van der Waals surface area contributed by atoms with E-state index < -0.39 is 5.97 Å². The van der Waals surface area contributed by atoms with E-state index in [4.69, 9.17) is 14.6 Å². The van der Waals surface area contributed by atoms with Crippen LogP contribution in [0.25, 0.3) is 0 Å². The van der Waals surface area contributed by atoms with Gasteiger partial charge in [-0.05, 0) is 31.5 Å². The van der Waals surface area contributed by atoms with Crippen molar-refractivity contribution in [3.05, 3.63) is 35.4 Å². The lowest BCUT2D eigenvalue weighted by Gasteiger charge is -2.16. The fourth-order valence-electron chi connectivity index (χ4n) is 1.82. The summed E-state index contributed by atoms with van der Waals surface area (Å²) in [5, 5.41) is 11.9. The quantitative estimate of drug-likeness (QED) is 0.750. The Morgan fingerprint density at radius 1 is 1.35 bits per heavy atom. The summed E-state index contributed by atoms with van der Waals surface area (Å²) in [5.41, 5.74) is 1.82. The summed E-state index contributed by atoms with van der Waals surface area (Å²) >= 11 is 0. The Bertz CT molecular complexity index is 497. The van der Waals surface area contributed by atoms with Crippen LogP contribution < -0.4 is 14.8 Å². The normalized spacial score (nSPS) is 12.9. The molecule has 2 N–H and O–H groups in total. The van der Waals surface area contributed by atoms with Gasteiger partial charge in [0.25, 0.3) is 0 Å². The van der Waals surface area contributed by atoms with Crippen molar-refractivity contribution in [3.63, 3.8) is 0 Å². The fourth-order valence-corrected chi connectivity index (χ4v) is 1.82. The second kappa shape index (κ2) is 7.55. The van der Waals surface area contributed by atoms with E-state index in [1.54, 1.807) is 21.1 Å². The molecule has 5 heteroatoms. The van der Waals surface area contributed by atoms with E-state index in [1.165, 1.54) is 6.08 Å². The molecule has 110 valence electrons. The number of hydrogen-bond acceptors (Lipinski definition) is 4. The van der Waals surface area contributed by atoms with Crippen LogP contribution in [0.4, 0.5) is 0 Å². The number of hydrogen-bond donors (Lipinski definition) is 2. The van der Waals surface area contributed by atoms with Gasteiger partial charge in [-0.2, -0.15) is 0 Å². The molecule has 0 fully saturated rings. The van der Waals surface area contributed by atoms with Gasteiger partial charge < -0.3 is 19.9 Å². The first kappa shape index (κ1) is 16.0. The van der Waals surface area contributed by atoms with E-state index >= 15 is 0 Å². The molecule has 0 saturated heterocycles. The lowest BCUT2D eigenvalue weighted by Crippen LogP contribution is -2.21. The molecule has 1 aromatic carbocycles. The third-order valence-corrected chi connectivity index (χ3v) is 2.96. The Balaban J connectivity index is 2.73. The molecule has 0 saturated carbocycles. The number of carboxylic acids is 1. The third kappa shape index (κ3) is 4.59. The highest BCUT2D eigenvalue weighted by Gasteiger charge is 2.10. The summed E-state index contributed by atoms with van der Waals surface area (Å²) in [6.07, 6.45) is 1.20. The Morgan fingerprint density at radius 3 is 2.55 bits per heavy atom. The number of rotatable bonds is 7. The van der Waals surface area contributed by atoms with E-state index in [9.17, 15) is 4.79 Å². The first-order valence-corrected chi connectivity index (χ1v) is 6.33. The summed E-state index contributed by atoms with van der Waals surface area (Å²) in [6.45, 7) is 4.31. The summed E-state index contributed by atoms with van der Waals surface area (Å²) < 4.78 is 10.5. The smallest absolute Gasteiger partial charge is 0.328 e. The molecule has 5 nitrogen and oxygen atoms in total. The minimum Gasteiger partial charge on any atom is -0.493 e. The van der Waals surface area contributed by atoms with Gasteiger partial charge in [0, 0.05) is 18.7 Å². The van der Waals surface area contributed by atoms with Crippen LogP contribution in [0.5, 0.6) is 11.5 Å². The van der Waals surface area contributed by atoms with Gasteiger partial charge in [0.15, 0.2) is 11.5 Å². The van der Waals surface area contributed by atoms with Crippen molar-refractivity contribution in [1.29, 1.82) is 0 Å². The summed E-state index contributed by atoms with van der Waals surface area (Å²) in [6, 6.07) is 5.79. The number of aliphatic carboxylic acids is 1. The van der Waals surface area contributed by atoms with Gasteiger partial charge in [0.05, 0.1) is 14.2 Å².